The Hall–Kier alpha value is -3.05. The van der Waals surface area contributed by atoms with Crippen LogP contribution in [0, 0.1) is 0 Å². The van der Waals surface area contributed by atoms with Crippen LogP contribution in [0.25, 0.3) is 11.3 Å². The largest absolute Gasteiger partial charge is 0.491 e. The summed E-state index contributed by atoms with van der Waals surface area (Å²) in [5.74, 6) is -2.32. The number of hydrogen-bond donors (Lipinski definition) is 2. The third-order valence-electron chi connectivity index (χ3n) is 3.42. The van der Waals surface area contributed by atoms with Gasteiger partial charge in [-0.2, -0.15) is 31.3 Å². The van der Waals surface area contributed by atoms with Crippen LogP contribution >= 0.6 is 0 Å². The van der Waals surface area contributed by atoms with Gasteiger partial charge in [-0.15, -0.1) is 0 Å². The molecule has 0 aliphatic heterocycles. The Bertz CT molecular complexity index is 961. The van der Waals surface area contributed by atoms with Crippen LogP contribution in [0.2, 0.25) is 0 Å². The highest BCUT2D eigenvalue weighted by molar-refractivity contribution is 5.73. The average molecular weight is 377 g/mol. The van der Waals surface area contributed by atoms with Crippen LogP contribution in [0.4, 0.5) is 37.8 Å². The zero-order valence-corrected chi connectivity index (χ0v) is 12.8. The van der Waals surface area contributed by atoms with Crippen molar-refractivity contribution in [2.24, 2.45) is 7.05 Å². The first-order valence-corrected chi connectivity index (χ1v) is 6.91. The number of nitrogens with one attached hydrogen (secondary N) is 1. The molecule has 0 atom stereocenters. The van der Waals surface area contributed by atoms with Crippen molar-refractivity contribution in [3.8, 4) is 5.88 Å². The number of imidazole rings is 1. The molecular formula is C14H9F6N5O. The summed E-state index contributed by atoms with van der Waals surface area (Å²) >= 11 is 0. The molecule has 0 fully saturated rings. The summed E-state index contributed by atoms with van der Waals surface area (Å²) in [5.41, 5.74) is -1.43. The van der Waals surface area contributed by atoms with E-state index in [4.69, 9.17) is 0 Å². The van der Waals surface area contributed by atoms with Crippen molar-refractivity contribution in [2.75, 3.05) is 5.32 Å². The molecule has 26 heavy (non-hydrogen) atoms. The number of aryl methyl sites for hydroxylation is 1. The standard InChI is InChI=1S/C14H9F6N5O/c1-25-10-8(24-12(25)14(18,19)20)23-11(26)9(22-10)21-7-4-2-6(3-5-7)13(15,16)17/h2-5H,1H3,(H,21,22)(H,23,26). The Kier molecular flexibility index (Phi) is 3.92. The van der Waals surface area contributed by atoms with Gasteiger partial charge >= 0.3 is 12.4 Å². The topological polar surface area (TPSA) is 75.9 Å². The van der Waals surface area contributed by atoms with Gasteiger partial charge in [-0.3, -0.25) is 0 Å². The lowest BCUT2D eigenvalue weighted by Crippen LogP contribution is -2.12. The van der Waals surface area contributed by atoms with Crippen LogP contribution in [0.3, 0.4) is 0 Å². The molecule has 3 rings (SSSR count). The molecule has 3 aromatic rings. The summed E-state index contributed by atoms with van der Waals surface area (Å²) in [4.78, 5) is 10.7. The Morgan fingerprint density at radius 2 is 1.54 bits per heavy atom. The maximum absolute atomic E-state index is 12.9. The van der Waals surface area contributed by atoms with Gasteiger partial charge in [-0.05, 0) is 24.3 Å². The number of aromatic hydroxyl groups is 1. The lowest BCUT2D eigenvalue weighted by Gasteiger charge is -2.10. The van der Waals surface area contributed by atoms with E-state index in [1.807, 2.05) is 0 Å². The number of aromatic nitrogens is 4. The molecular weight excluding hydrogens is 368 g/mol. The van der Waals surface area contributed by atoms with Gasteiger partial charge in [-0.25, -0.2) is 9.97 Å². The first-order chi connectivity index (χ1) is 12.0. The smallest absolute Gasteiger partial charge is 0.449 e. The minimum absolute atomic E-state index is 0.125. The van der Waals surface area contributed by atoms with Gasteiger partial charge in [0.1, 0.15) is 0 Å². The van der Waals surface area contributed by atoms with Crippen molar-refractivity contribution < 1.29 is 31.4 Å². The molecule has 0 aliphatic rings. The molecule has 0 radical (unpaired) electrons. The summed E-state index contributed by atoms with van der Waals surface area (Å²) in [6.45, 7) is 0. The number of fused-ring (bicyclic) bond motifs is 1. The molecule has 0 amide bonds. The molecule has 2 N–H and O–H groups in total. The highest BCUT2D eigenvalue weighted by atomic mass is 19.4. The number of nitrogens with zero attached hydrogens (tertiary/aromatic N) is 4. The number of alkyl halides is 6. The quantitative estimate of drug-likeness (QED) is 0.664. The lowest BCUT2D eigenvalue weighted by atomic mass is 10.2. The number of halogens is 6. The lowest BCUT2D eigenvalue weighted by molar-refractivity contribution is -0.146. The van der Waals surface area contributed by atoms with E-state index in [0.29, 0.717) is 4.57 Å². The summed E-state index contributed by atoms with van der Waals surface area (Å²) < 4.78 is 76.9. The Morgan fingerprint density at radius 1 is 0.923 bits per heavy atom. The van der Waals surface area contributed by atoms with Crippen molar-refractivity contribution in [3.05, 3.63) is 35.7 Å². The van der Waals surface area contributed by atoms with Crippen LogP contribution in [0.5, 0.6) is 5.88 Å². The molecule has 0 aliphatic carbocycles. The van der Waals surface area contributed by atoms with Crippen molar-refractivity contribution in [3.63, 3.8) is 0 Å². The first kappa shape index (κ1) is 17.8. The Balaban J connectivity index is 1.98. The molecule has 0 bridgehead atoms. The maximum atomic E-state index is 12.9. The second-order valence-electron chi connectivity index (χ2n) is 5.24. The van der Waals surface area contributed by atoms with Crippen LogP contribution in [-0.4, -0.2) is 24.6 Å². The van der Waals surface area contributed by atoms with E-state index in [1.54, 1.807) is 0 Å². The van der Waals surface area contributed by atoms with E-state index in [1.165, 1.54) is 0 Å². The normalized spacial score (nSPS) is 12.6. The van der Waals surface area contributed by atoms with Gasteiger partial charge in [0.25, 0.3) is 5.88 Å². The molecule has 0 saturated heterocycles. The molecule has 0 saturated carbocycles. The van der Waals surface area contributed by atoms with E-state index in [2.05, 4.69) is 20.3 Å². The van der Waals surface area contributed by atoms with Gasteiger partial charge < -0.3 is 15.0 Å². The Morgan fingerprint density at radius 3 is 2.08 bits per heavy atom. The van der Waals surface area contributed by atoms with E-state index in [-0.39, 0.29) is 17.2 Å². The second-order valence-corrected chi connectivity index (χ2v) is 5.24. The number of anilines is 2. The van der Waals surface area contributed by atoms with Crippen LogP contribution in [0.1, 0.15) is 11.4 Å². The van der Waals surface area contributed by atoms with Crippen molar-refractivity contribution in [1.82, 2.24) is 19.5 Å². The summed E-state index contributed by atoms with van der Waals surface area (Å²) in [6, 6.07) is 3.77. The third-order valence-corrected chi connectivity index (χ3v) is 3.42. The van der Waals surface area contributed by atoms with Crippen LogP contribution in [0.15, 0.2) is 24.3 Å². The molecule has 0 unspecified atom stereocenters. The predicted octanol–water partition coefficient (Wildman–Crippen LogP) is 3.85. The fourth-order valence-corrected chi connectivity index (χ4v) is 2.20. The van der Waals surface area contributed by atoms with Gasteiger partial charge in [0.15, 0.2) is 11.5 Å². The zero-order valence-electron chi connectivity index (χ0n) is 12.8. The first-order valence-electron chi connectivity index (χ1n) is 6.91. The number of benzene rings is 1. The molecule has 2 heterocycles. The summed E-state index contributed by atoms with van der Waals surface area (Å²) in [6.07, 6.45) is -9.25. The van der Waals surface area contributed by atoms with Crippen LogP contribution in [-0.2, 0) is 19.4 Å². The van der Waals surface area contributed by atoms with E-state index < -0.39 is 35.3 Å². The van der Waals surface area contributed by atoms with E-state index >= 15 is 0 Å². The molecule has 12 heteroatoms. The van der Waals surface area contributed by atoms with E-state index in [0.717, 1.165) is 31.3 Å². The van der Waals surface area contributed by atoms with Gasteiger partial charge in [0.2, 0.25) is 11.5 Å². The SMILES string of the molecule is Cn1c(C(F)(F)F)nc2nc(O)c(Nc3ccc(C(F)(F)F)cc3)nc21. The fourth-order valence-electron chi connectivity index (χ4n) is 2.20. The third kappa shape index (κ3) is 3.21. The Labute approximate surface area is 141 Å². The zero-order chi connectivity index (χ0) is 19.3. The monoisotopic (exact) mass is 377 g/mol. The maximum Gasteiger partial charge on any atom is 0.449 e. The van der Waals surface area contributed by atoms with Crippen molar-refractivity contribution in [1.29, 1.82) is 0 Å². The minimum Gasteiger partial charge on any atom is -0.491 e. The molecule has 1 aromatic carbocycles. The summed E-state index contributed by atoms with van der Waals surface area (Å²) in [5, 5.41) is 12.3. The molecule has 6 nitrogen and oxygen atoms in total. The summed E-state index contributed by atoms with van der Waals surface area (Å²) in [7, 11) is 1.08. The van der Waals surface area contributed by atoms with Gasteiger partial charge in [0.05, 0.1) is 5.56 Å². The van der Waals surface area contributed by atoms with Gasteiger partial charge in [0, 0.05) is 12.7 Å². The highest BCUT2D eigenvalue weighted by Crippen LogP contribution is 2.33. The predicted molar refractivity (Wildman–Crippen MR) is 77.7 cm³/mol. The van der Waals surface area contributed by atoms with Gasteiger partial charge in [-0.1, -0.05) is 0 Å². The molecule has 2 aromatic heterocycles. The van der Waals surface area contributed by atoms with Crippen LogP contribution < -0.4 is 5.32 Å². The van der Waals surface area contributed by atoms with Crippen molar-refractivity contribution in [2.45, 2.75) is 12.4 Å². The van der Waals surface area contributed by atoms with Crippen molar-refractivity contribution >= 4 is 22.8 Å². The fraction of sp³-hybridized carbons (Fsp3) is 0.214. The molecule has 138 valence electrons. The molecule has 0 spiro atoms. The highest BCUT2D eigenvalue weighted by Gasteiger charge is 2.37. The average Bonchev–Trinajstić information content (AvgIpc) is 2.84. The minimum atomic E-state index is -4.74. The number of hydrogen-bond acceptors (Lipinski definition) is 5. The second kappa shape index (κ2) is 5.75. The van der Waals surface area contributed by atoms with E-state index in [9.17, 15) is 31.4 Å². The number of rotatable bonds is 2.